The number of unbranched alkanes of at least 4 members (excludes halogenated alkanes) is 1. The highest BCUT2D eigenvalue weighted by Gasteiger charge is 2.30. The number of carbonyl (C=O) groups is 1. The molecule has 1 heterocycles. The lowest BCUT2D eigenvalue weighted by Gasteiger charge is -2.34. The Bertz CT molecular complexity index is 746. The summed E-state index contributed by atoms with van der Waals surface area (Å²) in [5, 5.41) is 10.9. The molecule has 1 fully saturated rings. The summed E-state index contributed by atoms with van der Waals surface area (Å²) in [6, 6.07) is 5.03. The van der Waals surface area contributed by atoms with Gasteiger partial charge in [-0.3, -0.25) is 14.9 Å². The van der Waals surface area contributed by atoms with E-state index in [0.29, 0.717) is 18.8 Å². The topological polar surface area (TPSA) is 101 Å². The van der Waals surface area contributed by atoms with E-state index in [0.717, 1.165) is 24.7 Å². The van der Waals surface area contributed by atoms with Crippen molar-refractivity contribution in [3.05, 3.63) is 34.4 Å². The van der Waals surface area contributed by atoms with Gasteiger partial charge < -0.3 is 4.90 Å². The molecule has 10 heteroatoms. The predicted molar refractivity (Wildman–Crippen MR) is 101 cm³/mol. The molecule has 1 amide bonds. The Kier molecular flexibility index (Phi) is 7.42. The van der Waals surface area contributed by atoms with Crippen molar-refractivity contribution in [1.29, 1.82) is 0 Å². The number of thioether (sulfide) groups is 1. The fraction of sp³-hybridized carbons (Fsp3) is 0.562. The Morgan fingerprint density at radius 1 is 1.27 bits per heavy atom. The molecule has 0 saturated carbocycles. The third kappa shape index (κ3) is 5.18. The van der Waals surface area contributed by atoms with Gasteiger partial charge in [0, 0.05) is 38.3 Å². The maximum Gasteiger partial charge on any atom is 0.270 e. The summed E-state index contributed by atoms with van der Waals surface area (Å²) in [5.74, 6) is 1.39. The summed E-state index contributed by atoms with van der Waals surface area (Å²) in [5.41, 5.74) is -0.260. The Balaban J connectivity index is 1.95. The van der Waals surface area contributed by atoms with Crippen LogP contribution in [0.2, 0.25) is 0 Å². The molecule has 0 unspecified atom stereocenters. The van der Waals surface area contributed by atoms with Gasteiger partial charge in [-0.05, 0) is 18.2 Å². The summed E-state index contributed by atoms with van der Waals surface area (Å²) >= 11 is 1.60. The molecule has 0 radical (unpaired) electrons. The third-order valence-corrected chi connectivity index (χ3v) is 7.05. The number of nitrogens with zero attached hydrogens (tertiary/aromatic N) is 3. The molecule has 0 N–H and O–H groups in total. The Morgan fingerprint density at radius 2 is 1.96 bits per heavy atom. The van der Waals surface area contributed by atoms with Crippen molar-refractivity contribution in [2.75, 3.05) is 37.7 Å². The van der Waals surface area contributed by atoms with Gasteiger partial charge in [-0.25, -0.2) is 8.42 Å². The summed E-state index contributed by atoms with van der Waals surface area (Å²) in [6.07, 6.45) is 2.17. The highest BCUT2D eigenvalue weighted by molar-refractivity contribution is 7.99. The fourth-order valence-corrected chi connectivity index (χ4v) is 5.04. The maximum absolute atomic E-state index is 12.7. The second-order valence-electron chi connectivity index (χ2n) is 5.95. The minimum absolute atomic E-state index is 0.0264. The van der Waals surface area contributed by atoms with Crippen LogP contribution in [0.25, 0.3) is 0 Å². The quantitative estimate of drug-likeness (QED) is 0.375. The number of hydrogen-bond donors (Lipinski definition) is 0. The molecule has 0 aromatic heterocycles. The van der Waals surface area contributed by atoms with Crippen LogP contribution in [0.3, 0.4) is 0 Å². The Hall–Kier alpha value is -1.65. The van der Waals surface area contributed by atoms with E-state index in [9.17, 15) is 23.3 Å². The molecular weight excluding hydrogens is 378 g/mol. The Labute approximate surface area is 157 Å². The molecule has 26 heavy (non-hydrogen) atoms. The van der Waals surface area contributed by atoms with Gasteiger partial charge in [0.2, 0.25) is 15.9 Å². The SMILES string of the molecule is CCCCSCC(=O)N1CCN(S(=O)(=O)c2cccc([N+](=O)[O-])c2)CC1. The van der Waals surface area contributed by atoms with E-state index in [1.54, 1.807) is 16.7 Å². The molecule has 1 saturated heterocycles. The van der Waals surface area contributed by atoms with Gasteiger partial charge >= 0.3 is 0 Å². The zero-order chi connectivity index (χ0) is 19.2. The van der Waals surface area contributed by atoms with Crippen LogP contribution in [0.5, 0.6) is 0 Å². The lowest BCUT2D eigenvalue weighted by Crippen LogP contribution is -2.51. The normalized spacial score (nSPS) is 15.8. The molecule has 1 aromatic rings. The van der Waals surface area contributed by atoms with E-state index in [4.69, 9.17) is 0 Å². The first-order valence-corrected chi connectivity index (χ1v) is 11.1. The number of nitro groups is 1. The van der Waals surface area contributed by atoms with Crippen molar-refractivity contribution < 1.29 is 18.1 Å². The lowest BCUT2D eigenvalue weighted by atomic mass is 10.3. The van der Waals surface area contributed by atoms with Gasteiger partial charge in [-0.15, -0.1) is 0 Å². The van der Waals surface area contributed by atoms with Crippen LogP contribution >= 0.6 is 11.8 Å². The van der Waals surface area contributed by atoms with Gasteiger partial charge in [0.15, 0.2) is 0 Å². The molecule has 2 rings (SSSR count). The van der Waals surface area contributed by atoms with Gasteiger partial charge in [0.1, 0.15) is 0 Å². The van der Waals surface area contributed by atoms with Crippen LogP contribution in [-0.2, 0) is 14.8 Å². The van der Waals surface area contributed by atoms with Crippen LogP contribution < -0.4 is 0 Å². The number of piperazine rings is 1. The molecule has 1 aliphatic heterocycles. The number of rotatable bonds is 8. The van der Waals surface area contributed by atoms with Crippen LogP contribution in [0.1, 0.15) is 19.8 Å². The van der Waals surface area contributed by atoms with Crippen molar-refractivity contribution in [3.63, 3.8) is 0 Å². The van der Waals surface area contributed by atoms with Crippen molar-refractivity contribution >= 4 is 33.4 Å². The molecule has 144 valence electrons. The first kappa shape index (κ1) is 20.7. The van der Waals surface area contributed by atoms with E-state index in [2.05, 4.69) is 6.92 Å². The molecule has 1 aliphatic rings. The summed E-state index contributed by atoms with van der Waals surface area (Å²) in [6.45, 7) is 3.15. The number of sulfonamides is 1. The smallest absolute Gasteiger partial charge is 0.270 e. The van der Waals surface area contributed by atoms with Crippen molar-refractivity contribution in [2.24, 2.45) is 0 Å². The minimum atomic E-state index is -3.81. The molecule has 0 spiro atoms. The average molecular weight is 402 g/mol. The zero-order valence-corrected chi connectivity index (χ0v) is 16.3. The second-order valence-corrected chi connectivity index (χ2v) is 8.99. The average Bonchev–Trinajstić information content (AvgIpc) is 2.65. The number of carbonyl (C=O) groups excluding carboxylic acids is 1. The molecule has 0 atom stereocenters. The van der Waals surface area contributed by atoms with Gasteiger partial charge in [-0.2, -0.15) is 16.1 Å². The van der Waals surface area contributed by atoms with E-state index < -0.39 is 14.9 Å². The van der Waals surface area contributed by atoms with Gasteiger partial charge in [0.25, 0.3) is 5.69 Å². The summed E-state index contributed by atoms with van der Waals surface area (Å²) in [7, 11) is -3.81. The minimum Gasteiger partial charge on any atom is -0.339 e. The van der Waals surface area contributed by atoms with E-state index in [-0.39, 0.29) is 29.6 Å². The summed E-state index contributed by atoms with van der Waals surface area (Å²) < 4.78 is 26.6. The Morgan fingerprint density at radius 3 is 2.58 bits per heavy atom. The van der Waals surface area contributed by atoms with Crippen LogP contribution in [0.15, 0.2) is 29.2 Å². The number of non-ortho nitro benzene ring substituents is 1. The lowest BCUT2D eigenvalue weighted by molar-refractivity contribution is -0.385. The first-order chi connectivity index (χ1) is 12.4. The van der Waals surface area contributed by atoms with E-state index in [1.807, 2.05) is 0 Å². The summed E-state index contributed by atoms with van der Waals surface area (Å²) in [4.78, 5) is 24.0. The number of benzene rings is 1. The highest BCUT2D eigenvalue weighted by Crippen LogP contribution is 2.22. The van der Waals surface area contributed by atoms with E-state index in [1.165, 1.54) is 22.5 Å². The van der Waals surface area contributed by atoms with Crippen LogP contribution in [0, 0.1) is 10.1 Å². The van der Waals surface area contributed by atoms with Gasteiger partial charge in [-0.1, -0.05) is 19.4 Å². The molecule has 0 bridgehead atoms. The van der Waals surface area contributed by atoms with Crippen molar-refractivity contribution in [3.8, 4) is 0 Å². The largest absolute Gasteiger partial charge is 0.339 e. The third-order valence-electron chi connectivity index (χ3n) is 4.13. The molecular formula is C16H23N3O5S2. The number of hydrogen-bond acceptors (Lipinski definition) is 6. The number of amides is 1. The van der Waals surface area contributed by atoms with Gasteiger partial charge in [0.05, 0.1) is 15.6 Å². The fourth-order valence-electron chi connectivity index (χ4n) is 2.58. The molecule has 1 aromatic carbocycles. The second kappa shape index (κ2) is 9.33. The van der Waals surface area contributed by atoms with Crippen molar-refractivity contribution in [1.82, 2.24) is 9.21 Å². The number of nitro benzene ring substituents is 1. The highest BCUT2D eigenvalue weighted by atomic mass is 32.2. The van der Waals surface area contributed by atoms with Crippen LogP contribution in [0.4, 0.5) is 5.69 Å². The first-order valence-electron chi connectivity index (χ1n) is 8.46. The van der Waals surface area contributed by atoms with Crippen LogP contribution in [-0.4, -0.2) is 66.1 Å². The molecule has 8 nitrogen and oxygen atoms in total. The standard InChI is InChI=1S/C16H23N3O5S2/c1-2-3-11-25-13-16(20)17-7-9-18(10-8-17)26(23,24)15-6-4-5-14(12-15)19(21)22/h4-6,12H,2-3,7-11,13H2,1H3. The van der Waals surface area contributed by atoms with Crippen molar-refractivity contribution in [2.45, 2.75) is 24.7 Å². The zero-order valence-electron chi connectivity index (χ0n) is 14.7. The molecule has 0 aliphatic carbocycles. The monoisotopic (exact) mass is 401 g/mol. The predicted octanol–water partition coefficient (Wildman–Crippen LogP) is 1.96. The maximum atomic E-state index is 12.7. The van der Waals surface area contributed by atoms with E-state index >= 15 is 0 Å².